The highest BCUT2D eigenvalue weighted by molar-refractivity contribution is 7.99. The van der Waals surface area contributed by atoms with Gasteiger partial charge in [-0.2, -0.15) is 0 Å². The largest absolute Gasteiger partial charge is 0.508 e. The summed E-state index contributed by atoms with van der Waals surface area (Å²) in [7, 11) is 0. The normalized spacial score (nSPS) is 21.2. The molecule has 3 atom stereocenters. The van der Waals surface area contributed by atoms with E-state index in [0.717, 1.165) is 41.0 Å². The van der Waals surface area contributed by atoms with Crippen molar-refractivity contribution in [3.05, 3.63) is 64.0 Å². The van der Waals surface area contributed by atoms with Crippen LogP contribution in [0.25, 0.3) is 10.4 Å². The average Bonchev–Trinajstić information content (AvgIpc) is 2.76. The van der Waals surface area contributed by atoms with Gasteiger partial charge in [0.2, 0.25) is 0 Å². The summed E-state index contributed by atoms with van der Waals surface area (Å²) in [4.78, 5) is 4.29. The number of nitrogens with zero attached hydrogens (tertiary/aromatic N) is 3. The molecule has 0 bridgehead atoms. The Morgan fingerprint density at radius 2 is 1.74 bits per heavy atom. The van der Waals surface area contributed by atoms with E-state index in [1.165, 1.54) is 25.7 Å². The predicted octanol–water partition coefficient (Wildman–Crippen LogP) is 7.67. The maximum absolute atomic E-state index is 10.0. The molecule has 0 aliphatic carbocycles. The number of thioether (sulfide) groups is 1. The molecule has 5 nitrogen and oxygen atoms in total. The molecule has 0 saturated carbocycles. The number of phenols is 2. The number of aromatic hydroxyl groups is 2. The van der Waals surface area contributed by atoms with E-state index in [2.05, 4.69) is 23.9 Å². The van der Waals surface area contributed by atoms with Gasteiger partial charge in [0, 0.05) is 32.9 Å². The molecule has 6 heteroatoms. The molecular weight excluding hydrogens is 406 g/mol. The number of rotatable bonds is 10. The van der Waals surface area contributed by atoms with E-state index >= 15 is 0 Å². The Hall–Kier alpha value is -2.30. The quantitative estimate of drug-likeness (QED) is 0.172. The molecular formula is C25H33N3O2S. The summed E-state index contributed by atoms with van der Waals surface area (Å²) in [5.74, 6) is 1.32. The fourth-order valence-electron chi connectivity index (χ4n) is 4.79. The first-order valence-corrected chi connectivity index (χ1v) is 12.3. The van der Waals surface area contributed by atoms with Crippen LogP contribution in [0.2, 0.25) is 0 Å². The van der Waals surface area contributed by atoms with Gasteiger partial charge >= 0.3 is 0 Å². The molecule has 31 heavy (non-hydrogen) atoms. The lowest BCUT2D eigenvalue weighted by atomic mass is 9.66. The third kappa shape index (κ3) is 5.50. The summed E-state index contributed by atoms with van der Waals surface area (Å²) in [6.45, 7) is 4.45. The highest BCUT2D eigenvalue weighted by atomic mass is 32.2. The van der Waals surface area contributed by atoms with Gasteiger partial charge < -0.3 is 10.2 Å². The number of azide groups is 1. The van der Waals surface area contributed by atoms with Crippen molar-refractivity contribution >= 4 is 11.8 Å². The molecule has 2 N–H and O–H groups in total. The van der Waals surface area contributed by atoms with Gasteiger partial charge in [-0.05, 0) is 47.3 Å². The smallest absolute Gasteiger partial charge is 0.116 e. The highest BCUT2D eigenvalue weighted by Crippen LogP contribution is 2.53. The molecule has 2 aromatic carbocycles. The highest BCUT2D eigenvalue weighted by Gasteiger charge is 2.45. The van der Waals surface area contributed by atoms with Gasteiger partial charge in [0.1, 0.15) is 11.5 Å². The second kappa shape index (κ2) is 10.8. The van der Waals surface area contributed by atoms with E-state index in [4.69, 9.17) is 0 Å². The first-order valence-electron chi connectivity index (χ1n) is 11.3. The van der Waals surface area contributed by atoms with Crippen LogP contribution in [0.1, 0.15) is 75.8 Å². The van der Waals surface area contributed by atoms with Gasteiger partial charge in [-0.3, -0.25) is 0 Å². The molecule has 0 aromatic heterocycles. The summed E-state index contributed by atoms with van der Waals surface area (Å²) in [6.07, 6.45) is 8.02. The lowest BCUT2D eigenvalue weighted by Crippen LogP contribution is -2.41. The number of unbranched alkanes of at least 4 members (excludes halogenated alkanes) is 5. The first kappa shape index (κ1) is 23.4. The van der Waals surface area contributed by atoms with Crippen molar-refractivity contribution in [1.82, 2.24) is 0 Å². The third-order valence-corrected chi connectivity index (χ3v) is 7.92. The van der Waals surface area contributed by atoms with Gasteiger partial charge in [-0.25, -0.2) is 0 Å². The van der Waals surface area contributed by atoms with Crippen molar-refractivity contribution in [2.75, 3.05) is 5.75 Å². The Bertz CT molecular complexity index is 911. The minimum atomic E-state index is -0.261. The van der Waals surface area contributed by atoms with E-state index in [0.29, 0.717) is 0 Å². The van der Waals surface area contributed by atoms with Crippen molar-refractivity contribution in [2.45, 2.75) is 81.1 Å². The molecule has 0 fully saturated rings. The lowest BCUT2D eigenvalue weighted by molar-refractivity contribution is 0.331. The van der Waals surface area contributed by atoms with Crippen LogP contribution in [-0.2, 0) is 5.41 Å². The Morgan fingerprint density at radius 1 is 1.06 bits per heavy atom. The Kier molecular flexibility index (Phi) is 8.16. The zero-order valence-electron chi connectivity index (χ0n) is 18.5. The van der Waals surface area contributed by atoms with Crippen molar-refractivity contribution in [3.8, 4) is 11.5 Å². The molecule has 1 aliphatic heterocycles. The number of benzene rings is 2. The fourth-order valence-corrected chi connectivity index (χ4v) is 6.16. The summed E-state index contributed by atoms with van der Waals surface area (Å²) in [5, 5.41) is 24.1. The van der Waals surface area contributed by atoms with Gasteiger partial charge in [-0.1, -0.05) is 75.7 Å². The fraction of sp³-hybridized carbons (Fsp3) is 0.520. The monoisotopic (exact) mass is 439 g/mol. The van der Waals surface area contributed by atoms with Crippen LogP contribution < -0.4 is 0 Å². The van der Waals surface area contributed by atoms with E-state index in [1.54, 1.807) is 30.0 Å². The maximum atomic E-state index is 10.0. The maximum Gasteiger partial charge on any atom is 0.116 e. The summed E-state index contributed by atoms with van der Waals surface area (Å²) < 4.78 is 0. The molecule has 0 spiro atoms. The van der Waals surface area contributed by atoms with Gasteiger partial charge in [0.05, 0.1) is 0 Å². The molecule has 166 valence electrons. The van der Waals surface area contributed by atoms with Crippen molar-refractivity contribution < 1.29 is 10.2 Å². The zero-order chi connectivity index (χ0) is 22.3. The second-order valence-electron chi connectivity index (χ2n) is 8.78. The van der Waals surface area contributed by atoms with Crippen LogP contribution in [0, 0.1) is 0 Å². The van der Waals surface area contributed by atoms with Crippen molar-refractivity contribution in [1.29, 1.82) is 0 Å². The van der Waals surface area contributed by atoms with Crippen LogP contribution in [-0.4, -0.2) is 22.0 Å². The lowest BCUT2D eigenvalue weighted by Gasteiger charge is -2.45. The topological polar surface area (TPSA) is 89.2 Å². The Morgan fingerprint density at radius 3 is 2.45 bits per heavy atom. The molecule has 0 radical (unpaired) electrons. The number of fused-ring (bicyclic) bond motifs is 1. The standard InChI is InChI=1S/C25H33N3O2S/c1-3-4-5-6-7-8-9-22(27-28-26)24-21-15-14-20(30)16-23(21)31-17-25(24,2)18-10-12-19(29)13-11-18/h10-16,22,24,29-30H,3-9,17H2,1-2H3. The minimum absolute atomic E-state index is 0.000402. The second-order valence-corrected chi connectivity index (χ2v) is 9.80. The van der Waals surface area contributed by atoms with Crippen molar-refractivity contribution in [2.24, 2.45) is 5.11 Å². The number of phenolic OH excluding ortho intramolecular Hbond substituents is 2. The van der Waals surface area contributed by atoms with Gasteiger partial charge in [0.15, 0.2) is 0 Å². The van der Waals surface area contributed by atoms with Crippen LogP contribution in [0.15, 0.2) is 52.5 Å². The van der Waals surface area contributed by atoms with E-state index in [-0.39, 0.29) is 28.9 Å². The van der Waals surface area contributed by atoms with E-state index in [9.17, 15) is 15.7 Å². The zero-order valence-corrected chi connectivity index (χ0v) is 19.3. The molecule has 1 heterocycles. The number of hydrogen-bond donors (Lipinski definition) is 2. The van der Waals surface area contributed by atoms with Crippen LogP contribution >= 0.6 is 11.8 Å². The molecule has 0 amide bonds. The summed E-state index contributed by atoms with van der Waals surface area (Å²) in [6, 6.07) is 12.8. The van der Waals surface area contributed by atoms with Crippen molar-refractivity contribution in [3.63, 3.8) is 0 Å². The average molecular weight is 440 g/mol. The summed E-state index contributed by atoms with van der Waals surface area (Å²) >= 11 is 1.73. The SMILES string of the molecule is CCCCCCCCC(N=[N+]=[N-])C1c2ccc(O)cc2SCC1(C)c1ccc(O)cc1. The Labute approximate surface area is 189 Å². The summed E-state index contributed by atoms with van der Waals surface area (Å²) in [5.41, 5.74) is 11.4. The van der Waals surface area contributed by atoms with Crippen LogP contribution in [0.3, 0.4) is 0 Å². The molecule has 1 aliphatic rings. The first-order chi connectivity index (χ1) is 15.0. The van der Waals surface area contributed by atoms with E-state index < -0.39 is 0 Å². The van der Waals surface area contributed by atoms with Crippen LogP contribution in [0.5, 0.6) is 11.5 Å². The predicted molar refractivity (Wildman–Crippen MR) is 128 cm³/mol. The number of hydrogen-bond acceptors (Lipinski definition) is 4. The third-order valence-electron chi connectivity index (χ3n) is 6.51. The minimum Gasteiger partial charge on any atom is -0.508 e. The Balaban J connectivity index is 1.94. The molecule has 0 saturated heterocycles. The molecule has 3 rings (SSSR count). The molecule has 3 unspecified atom stereocenters. The molecule has 2 aromatic rings. The van der Waals surface area contributed by atoms with E-state index in [1.807, 2.05) is 24.3 Å². The van der Waals surface area contributed by atoms with Gasteiger partial charge in [-0.15, -0.1) is 11.8 Å². The van der Waals surface area contributed by atoms with Crippen LogP contribution in [0.4, 0.5) is 0 Å². The van der Waals surface area contributed by atoms with Gasteiger partial charge in [0.25, 0.3) is 0 Å².